The second-order valence-corrected chi connectivity index (χ2v) is 8.58. The van der Waals surface area contributed by atoms with Crippen molar-refractivity contribution in [3.63, 3.8) is 0 Å². The molecule has 1 aliphatic carbocycles. The number of rotatable bonds is 4. The lowest BCUT2D eigenvalue weighted by atomic mass is 9.77. The Morgan fingerprint density at radius 3 is 2.79 bits per heavy atom. The van der Waals surface area contributed by atoms with E-state index in [9.17, 15) is 9.59 Å². The predicted octanol–water partition coefficient (Wildman–Crippen LogP) is 3.39. The Hall–Kier alpha value is -2.30. The number of ether oxygens (including phenoxy) is 1. The van der Waals surface area contributed by atoms with Crippen LogP contribution in [0.2, 0.25) is 0 Å². The number of hydrogen-bond donors (Lipinski definition) is 0. The van der Waals surface area contributed by atoms with Crippen molar-refractivity contribution >= 4 is 11.8 Å². The first-order chi connectivity index (χ1) is 13.6. The third-order valence-corrected chi connectivity index (χ3v) is 6.67. The van der Waals surface area contributed by atoms with Crippen molar-refractivity contribution in [3.05, 3.63) is 42.0 Å². The van der Waals surface area contributed by atoms with E-state index in [2.05, 4.69) is 12.2 Å². The maximum atomic E-state index is 12.8. The Morgan fingerprint density at radius 2 is 2.07 bits per heavy atom. The summed E-state index contributed by atoms with van der Waals surface area (Å²) in [7, 11) is 1.66. The Bertz CT molecular complexity index is 765. The number of hydrogen-bond acceptors (Lipinski definition) is 3. The number of amides is 2. The largest absolute Gasteiger partial charge is 0.497 e. The van der Waals surface area contributed by atoms with Crippen molar-refractivity contribution in [2.75, 3.05) is 26.7 Å². The van der Waals surface area contributed by atoms with Crippen LogP contribution in [0.4, 0.5) is 0 Å². The minimum absolute atomic E-state index is 0.0409. The van der Waals surface area contributed by atoms with E-state index in [1.165, 1.54) is 0 Å². The number of benzene rings is 1. The molecule has 5 nitrogen and oxygen atoms in total. The highest BCUT2D eigenvalue weighted by Crippen LogP contribution is 2.42. The molecule has 5 heteroatoms. The average Bonchev–Trinajstić information content (AvgIpc) is 3.03. The number of piperidine rings is 1. The quantitative estimate of drug-likeness (QED) is 0.750. The molecule has 150 valence electrons. The van der Waals surface area contributed by atoms with E-state index in [-0.39, 0.29) is 17.2 Å². The summed E-state index contributed by atoms with van der Waals surface area (Å²) in [6, 6.07) is 7.93. The Labute approximate surface area is 167 Å². The first kappa shape index (κ1) is 19.0. The third kappa shape index (κ3) is 3.94. The van der Waals surface area contributed by atoms with E-state index in [1.807, 2.05) is 34.1 Å². The van der Waals surface area contributed by atoms with Crippen molar-refractivity contribution in [1.82, 2.24) is 9.80 Å². The number of carbonyl (C=O) groups excluding carboxylic acids is 2. The molecule has 2 heterocycles. The highest BCUT2D eigenvalue weighted by atomic mass is 16.5. The second-order valence-electron chi connectivity index (χ2n) is 8.58. The lowest BCUT2D eigenvalue weighted by Crippen LogP contribution is -2.46. The van der Waals surface area contributed by atoms with Crippen molar-refractivity contribution in [2.24, 2.45) is 11.3 Å². The summed E-state index contributed by atoms with van der Waals surface area (Å²) in [4.78, 5) is 29.5. The predicted molar refractivity (Wildman–Crippen MR) is 108 cm³/mol. The van der Waals surface area contributed by atoms with Gasteiger partial charge in [-0.3, -0.25) is 9.59 Å². The van der Waals surface area contributed by atoms with Crippen LogP contribution < -0.4 is 4.74 Å². The molecular weight excluding hydrogens is 352 g/mol. The Morgan fingerprint density at radius 1 is 1.25 bits per heavy atom. The number of nitrogens with zero attached hydrogens (tertiary/aromatic N) is 2. The highest BCUT2D eigenvalue weighted by Gasteiger charge is 2.45. The van der Waals surface area contributed by atoms with Gasteiger partial charge in [0.2, 0.25) is 11.8 Å². The molecular formula is C23H30N2O3. The first-order valence-corrected chi connectivity index (χ1v) is 10.4. The molecule has 2 amide bonds. The molecule has 4 rings (SSSR count). The van der Waals surface area contributed by atoms with Crippen LogP contribution in [0.1, 0.15) is 44.1 Å². The topological polar surface area (TPSA) is 49.9 Å². The average molecular weight is 383 g/mol. The van der Waals surface area contributed by atoms with Gasteiger partial charge in [0.25, 0.3) is 0 Å². The van der Waals surface area contributed by atoms with Gasteiger partial charge in [-0.05, 0) is 49.8 Å². The van der Waals surface area contributed by atoms with Gasteiger partial charge in [-0.1, -0.05) is 24.3 Å². The lowest BCUT2D eigenvalue weighted by molar-refractivity contribution is -0.138. The molecule has 0 N–H and O–H groups in total. The van der Waals surface area contributed by atoms with Gasteiger partial charge >= 0.3 is 0 Å². The van der Waals surface area contributed by atoms with E-state index in [0.717, 1.165) is 63.1 Å². The number of methoxy groups -OCH3 is 1. The standard InChI is InChI=1S/C23H30N2O3/c1-28-20-9-5-6-18(14-20)16-25-17-23(15-21(25)26)10-12-24(13-11-23)22(27)19-7-3-2-4-8-19/h2-3,5-6,9,14,19H,4,7-8,10-13,15-17H2,1H3. The van der Waals surface area contributed by atoms with Gasteiger partial charge in [-0.15, -0.1) is 0 Å². The maximum Gasteiger partial charge on any atom is 0.226 e. The molecule has 28 heavy (non-hydrogen) atoms. The molecule has 0 aromatic heterocycles. The highest BCUT2D eigenvalue weighted by molar-refractivity contribution is 5.81. The smallest absolute Gasteiger partial charge is 0.226 e. The van der Waals surface area contributed by atoms with Crippen LogP contribution in [0.25, 0.3) is 0 Å². The van der Waals surface area contributed by atoms with Crippen molar-refractivity contribution in [2.45, 2.75) is 45.1 Å². The van der Waals surface area contributed by atoms with Crippen molar-refractivity contribution in [3.8, 4) is 5.75 Å². The second kappa shape index (κ2) is 7.98. The molecule has 1 unspecified atom stereocenters. The molecule has 2 aliphatic heterocycles. The Balaban J connectivity index is 1.34. The van der Waals surface area contributed by atoms with Gasteiger partial charge in [0.05, 0.1) is 7.11 Å². The normalized spacial score (nSPS) is 24.0. The monoisotopic (exact) mass is 382 g/mol. The van der Waals surface area contributed by atoms with Crippen LogP contribution in [0.15, 0.2) is 36.4 Å². The molecule has 0 saturated carbocycles. The van der Waals surface area contributed by atoms with Gasteiger partial charge in [0.1, 0.15) is 5.75 Å². The van der Waals surface area contributed by atoms with E-state index >= 15 is 0 Å². The SMILES string of the molecule is COc1cccc(CN2CC3(CCN(C(=O)C4CC=CCC4)CC3)CC2=O)c1. The summed E-state index contributed by atoms with van der Waals surface area (Å²) >= 11 is 0. The zero-order valence-corrected chi connectivity index (χ0v) is 16.7. The molecule has 2 saturated heterocycles. The minimum atomic E-state index is 0.0409. The molecule has 1 aromatic carbocycles. The number of allylic oxidation sites excluding steroid dienone is 2. The van der Waals surface area contributed by atoms with Crippen LogP contribution in [0.3, 0.4) is 0 Å². The zero-order valence-electron chi connectivity index (χ0n) is 16.7. The molecule has 3 aliphatic rings. The van der Waals surface area contributed by atoms with Crippen LogP contribution in [-0.4, -0.2) is 48.4 Å². The van der Waals surface area contributed by atoms with E-state index in [4.69, 9.17) is 4.74 Å². The molecule has 1 atom stereocenters. The summed E-state index contributed by atoms with van der Waals surface area (Å²) in [5.41, 5.74) is 1.14. The fourth-order valence-corrected chi connectivity index (χ4v) is 4.93. The van der Waals surface area contributed by atoms with Crippen LogP contribution in [-0.2, 0) is 16.1 Å². The Kier molecular flexibility index (Phi) is 5.42. The van der Waals surface area contributed by atoms with Crippen LogP contribution >= 0.6 is 0 Å². The van der Waals surface area contributed by atoms with Crippen LogP contribution in [0, 0.1) is 11.3 Å². The maximum absolute atomic E-state index is 12.8. The minimum Gasteiger partial charge on any atom is -0.497 e. The van der Waals surface area contributed by atoms with Gasteiger partial charge < -0.3 is 14.5 Å². The fraction of sp³-hybridized carbons (Fsp3) is 0.565. The lowest BCUT2D eigenvalue weighted by Gasteiger charge is -2.40. The van der Waals surface area contributed by atoms with Gasteiger partial charge in [-0.25, -0.2) is 0 Å². The molecule has 2 fully saturated rings. The number of likely N-dealkylation sites (tertiary alicyclic amines) is 2. The van der Waals surface area contributed by atoms with E-state index < -0.39 is 0 Å². The molecule has 1 spiro atoms. The number of carbonyl (C=O) groups is 2. The summed E-state index contributed by atoms with van der Waals surface area (Å²) in [6.07, 6.45) is 9.67. The first-order valence-electron chi connectivity index (χ1n) is 10.4. The summed E-state index contributed by atoms with van der Waals surface area (Å²) in [6.45, 7) is 3.02. The van der Waals surface area contributed by atoms with Gasteiger partial charge in [0, 0.05) is 43.9 Å². The third-order valence-electron chi connectivity index (χ3n) is 6.67. The molecule has 1 aromatic rings. The van der Waals surface area contributed by atoms with E-state index in [0.29, 0.717) is 18.9 Å². The summed E-state index contributed by atoms with van der Waals surface area (Å²) < 4.78 is 5.30. The van der Waals surface area contributed by atoms with Crippen molar-refractivity contribution < 1.29 is 14.3 Å². The van der Waals surface area contributed by atoms with E-state index in [1.54, 1.807) is 7.11 Å². The molecule has 0 radical (unpaired) electrons. The van der Waals surface area contributed by atoms with Crippen LogP contribution in [0.5, 0.6) is 5.75 Å². The summed E-state index contributed by atoms with van der Waals surface area (Å²) in [5, 5.41) is 0. The fourth-order valence-electron chi connectivity index (χ4n) is 4.93. The molecule has 0 bridgehead atoms. The summed E-state index contributed by atoms with van der Waals surface area (Å²) in [5.74, 6) is 1.54. The zero-order chi connectivity index (χ0) is 19.6. The van der Waals surface area contributed by atoms with Gasteiger partial charge in [-0.2, -0.15) is 0 Å². The van der Waals surface area contributed by atoms with Gasteiger partial charge in [0.15, 0.2) is 0 Å². The van der Waals surface area contributed by atoms with Crippen molar-refractivity contribution in [1.29, 1.82) is 0 Å².